The fraction of sp³-hybridized carbons (Fsp3) is 0.600. The second-order valence-corrected chi connectivity index (χ2v) is 8.88. The molecule has 7 heteroatoms. The van der Waals surface area contributed by atoms with Crippen molar-refractivity contribution in [1.29, 1.82) is 0 Å². The lowest BCUT2D eigenvalue weighted by Crippen LogP contribution is -2.41. The molecule has 0 spiro atoms. The van der Waals surface area contributed by atoms with E-state index in [-0.39, 0.29) is 0 Å². The Balaban J connectivity index is 2.32. The second kappa shape index (κ2) is 5.25. The molecular weight excluding hydrogens is 301 g/mol. The SMILES string of the molecule is Cc1cc(B2OC(C)(C)C(C)(C)O2)ccc1N(C)S(C)(=O)=O. The molecule has 5 nitrogen and oxygen atoms in total. The minimum Gasteiger partial charge on any atom is -0.399 e. The summed E-state index contributed by atoms with van der Waals surface area (Å²) < 4.78 is 36.7. The summed E-state index contributed by atoms with van der Waals surface area (Å²) in [5.41, 5.74) is 1.62. The molecule has 0 N–H and O–H groups in total. The Morgan fingerprint density at radius 3 is 2.00 bits per heavy atom. The van der Waals surface area contributed by atoms with E-state index in [9.17, 15) is 8.42 Å². The molecule has 1 heterocycles. The van der Waals surface area contributed by atoms with Crippen LogP contribution < -0.4 is 9.77 Å². The fourth-order valence-electron chi connectivity index (χ4n) is 2.34. The van der Waals surface area contributed by atoms with E-state index in [0.29, 0.717) is 5.69 Å². The van der Waals surface area contributed by atoms with Gasteiger partial charge in [-0.05, 0) is 51.7 Å². The molecule has 1 saturated heterocycles. The number of rotatable bonds is 3. The Hall–Kier alpha value is -1.05. The highest BCUT2D eigenvalue weighted by atomic mass is 32.2. The summed E-state index contributed by atoms with van der Waals surface area (Å²) in [7, 11) is -2.17. The Bertz CT molecular complexity index is 669. The lowest BCUT2D eigenvalue weighted by molar-refractivity contribution is 0.00578. The van der Waals surface area contributed by atoms with Crippen LogP contribution in [-0.2, 0) is 19.3 Å². The van der Waals surface area contributed by atoms with Gasteiger partial charge in [0.1, 0.15) is 0 Å². The van der Waals surface area contributed by atoms with Gasteiger partial charge >= 0.3 is 7.12 Å². The molecule has 0 saturated carbocycles. The van der Waals surface area contributed by atoms with Crippen molar-refractivity contribution in [2.75, 3.05) is 17.6 Å². The van der Waals surface area contributed by atoms with Gasteiger partial charge in [0.25, 0.3) is 0 Å². The standard InChI is InChI=1S/C15H24BNO4S/c1-11-10-12(8-9-13(11)17(6)22(7,18)19)16-20-14(2,3)15(4,5)21-16/h8-10H,1-7H3. The normalized spacial score (nSPS) is 20.2. The van der Waals surface area contributed by atoms with Gasteiger partial charge in [-0.1, -0.05) is 12.1 Å². The maximum Gasteiger partial charge on any atom is 0.494 e. The van der Waals surface area contributed by atoms with Crippen LogP contribution in [0.3, 0.4) is 0 Å². The molecule has 122 valence electrons. The Labute approximate surface area is 133 Å². The van der Waals surface area contributed by atoms with Crippen molar-refractivity contribution >= 4 is 28.3 Å². The fourth-order valence-corrected chi connectivity index (χ4v) is 2.90. The van der Waals surface area contributed by atoms with Crippen LogP contribution >= 0.6 is 0 Å². The summed E-state index contributed by atoms with van der Waals surface area (Å²) in [4.78, 5) is 0. The highest BCUT2D eigenvalue weighted by molar-refractivity contribution is 7.92. The van der Waals surface area contributed by atoms with Gasteiger partial charge in [0.2, 0.25) is 10.0 Å². The molecule has 0 bridgehead atoms. The summed E-state index contributed by atoms with van der Waals surface area (Å²) in [6.45, 7) is 9.90. The van der Waals surface area contributed by atoms with Gasteiger partial charge in [0.05, 0.1) is 23.1 Å². The van der Waals surface area contributed by atoms with E-state index in [0.717, 1.165) is 11.0 Å². The lowest BCUT2D eigenvalue weighted by atomic mass is 9.78. The largest absolute Gasteiger partial charge is 0.494 e. The third kappa shape index (κ3) is 3.02. The van der Waals surface area contributed by atoms with Gasteiger partial charge in [-0.25, -0.2) is 8.42 Å². The predicted octanol–water partition coefficient (Wildman–Crippen LogP) is 1.69. The number of hydrogen-bond donors (Lipinski definition) is 0. The monoisotopic (exact) mass is 325 g/mol. The molecule has 2 rings (SSSR count). The lowest BCUT2D eigenvalue weighted by Gasteiger charge is -2.32. The molecular formula is C15H24BNO4S. The maximum absolute atomic E-state index is 11.7. The van der Waals surface area contributed by atoms with Crippen molar-refractivity contribution in [3.05, 3.63) is 23.8 Å². The van der Waals surface area contributed by atoms with E-state index in [1.165, 1.54) is 10.6 Å². The molecule has 1 fully saturated rings. The zero-order valence-electron chi connectivity index (χ0n) is 14.3. The van der Waals surface area contributed by atoms with Crippen LogP contribution in [0.1, 0.15) is 33.3 Å². The molecule has 1 aliphatic rings. The van der Waals surface area contributed by atoms with Crippen LogP contribution in [-0.4, -0.2) is 40.0 Å². The van der Waals surface area contributed by atoms with E-state index in [4.69, 9.17) is 9.31 Å². The van der Waals surface area contributed by atoms with Crippen LogP contribution in [0.2, 0.25) is 0 Å². The van der Waals surface area contributed by atoms with Gasteiger partial charge < -0.3 is 9.31 Å². The van der Waals surface area contributed by atoms with Crippen LogP contribution in [0.15, 0.2) is 18.2 Å². The van der Waals surface area contributed by atoms with Crippen LogP contribution in [0.5, 0.6) is 0 Å². The number of aryl methyl sites for hydroxylation is 1. The Morgan fingerprint density at radius 1 is 1.09 bits per heavy atom. The number of anilines is 1. The van der Waals surface area contributed by atoms with Crippen molar-refractivity contribution in [1.82, 2.24) is 0 Å². The quantitative estimate of drug-likeness (QED) is 0.794. The third-order valence-electron chi connectivity index (χ3n) is 4.58. The second-order valence-electron chi connectivity index (χ2n) is 6.86. The van der Waals surface area contributed by atoms with Crippen LogP contribution in [0.4, 0.5) is 5.69 Å². The van der Waals surface area contributed by atoms with Gasteiger partial charge in [-0.15, -0.1) is 0 Å². The summed E-state index contributed by atoms with van der Waals surface area (Å²) in [5.74, 6) is 0. The van der Waals surface area contributed by atoms with Gasteiger partial charge in [0, 0.05) is 7.05 Å². The van der Waals surface area contributed by atoms with E-state index in [1.807, 2.05) is 46.8 Å². The number of sulfonamides is 1. The van der Waals surface area contributed by atoms with E-state index in [1.54, 1.807) is 13.1 Å². The summed E-state index contributed by atoms with van der Waals surface area (Å²) in [6.07, 6.45) is 1.19. The molecule has 22 heavy (non-hydrogen) atoms. The predicted molar refractivity (Wildman–Crippen MR) is 90.1 cm³/mol. The number of hydrogen-bond acceptors (Lipinski definition) is 4. The highest BCUT2D eigenvalue weighted by Crippen LogP contribution is 2.36. The van der Waals surface area contributed by atoms with Crippen molar-refractivity contribution in [3.63, 3.8) is 0 Å². The maximum atomic E-state index is 11.7. The van der Waals surface area contributed by atoms with Crippen molar-refractivity contribution in [2.24, 2.45) is 0 Å². The molecule has 0 aliphatic carbocycles. The molecule has 0 unspecified atom stereocenters. The first-order chi connectivity index (χ1) is 9.85. The molecule has 1 aliphatic heterocycles. The summed E-state index contributed by atoms with van der Waals surface area (Å²) in [6, 6.07) is 5.56. The van der Waals surface area contributed by atoms with Gasteiger partial charge in [-0.2, -0.15) is 0 Å². The summed E-state index contributed by atoms with van der Waals surface area (Å²) in [5, 5.41) is 0. The van der Waals surface area contributed by atoms with E-state index in [2.05, 4.69) is 0 Å². The van der Waals surface area contributed by atoms with E-state index < -0.39 is 28.3 Å². The zero-order chi connectivity index (χ0) is 16.9. The average molecular weight is 325 g/mol. The smallest absolute Gasteiger partial charge is 0.399 e. The molecule has 1 aromatic rings. The minimum absolute atomic E-state index is 0.395. The van der Waals surface area contributed by atoms with E-state index >= 15 is 0 Å². The molecule has 0 atom stereocenters. The molecule has 0 amide bonds. The first kappa shape index (κ1) is 17.3. The Morgan fingerprint density at radius 2 is 1.59 bits per heavy atom. The topological polar surface area (TPSA) is 55.8 Å². The average Bonchev–Trinajstić information content (AvgIpc) is 2.56. The number of nitrogens with zero attached hydrogens (tertiary/aromatic N) is 1. The third-order valence-corrected chi connectivity index (χ3v) is 5.77. The van der Waals surface area contributed by atoms with Crippen LogP contribution in [0, 0.1) is 6.92 Å². The molecule has 0 aromatic heterocycles. The highest BCUT2D eigenvalue weighted by Gasteiger charge is 2.51. The first-order valence-electron chi connectivity index (χ1n) is 7.25. The molecule has 0 radical (unpaired) electrons. The van der Waals surface area contributed by atoms with Gasteiger partial charge in [-0.3, -0.25) is 4.31 Å². The van der Waals surface area contributed by atoms with Crippen molar-refractivity contribution in [3.8, 4) is 0 Å². The van der Waals surface area contributed by atoms with Crippen molar-refractivity contribution < 1.29 is 17.7 Å². The summed E-state index contributed by atoms with van der Waals surface area (Å²) >= 11 is 0. The number of benzene rings is 1. The Kier molecular flexibility index (Phi) is 4.13. The van der Waals surface area contributed by atoms with Crippen molar-refractivity contribution in [2.45, 2.75) is 45.8 Å². The minimum atomic E-state index is -3.28. The molecule has 1 aromatic carbocycles. The zero-order valence-corrected chi connectivity index (χ0v) is 15.1. The van der Waals surface area contributed by atoms with Gasteiger partial charge in [0.15, 0.2) is 0 Å². The first-order valence-corrected chi connectivity index (χ1v) is 9.10. The van der Waals surface area contributed by atoms with Crippen LogP contribution in [0.25, 0.3) is 0 Å².